The lowest BCUT2D eigenvalue weighted by molar-refractivity contribution is -0.121. The molecule has 1 N–H and O–H groups in total. The second kappa shape index (κ2) is 9.11. The molecule has 1 amide bonds. The monoisotopic (exact) mass is 449 g/mol. The molecule has 30 heavy (non-hydrogen) atoms. The van der Waals surface area contributed by atoms with Crippen molar-refractivity contribution in [1.29, 1.82) is 0 Å². The van der Waals surface area contributed by atoms with Crippen molar-refractivity contribution in [3.05, 3.63) is 53.1 Å². The Hall–Kier alpha value is -2.49. The molecule has 160 valence electrons. The van der Waals surface area contributed by atoms with E-state index in [0.29, 0.717) is 10.5 Å². The third-order valence-electron chi connectivity index (χ3n) is 4.93. The average molecular weight is 450 g/mol. The van der Waals surface area contributed by atoms with E-state index in [1.807, 2.05) is 13.8 Å². The Morgan fingerprint density at radius 3 is 2.60 bits per heavy atom. The summed E-state index contributed by atoms with van der Waals surface area (Å²) in [6, 6.07) is 11.9. The number of fused-ring (bicyclic) bond motifs is 1. The summed E-state index contributed by atoms with van der Waals surface area (Å²) in [5, 5.41) is 11.5. The SMILES string of the molecule is CCC(C)n1nnc2cc(S(=O)(=O)N(C)CC(=O)NCc3ccc(Cl)cc3)ccc21. The number of rotatable bonds is 8. The highest BCUT2D eigenvalue weighted by molar-refractivity contribution is 7.89. The normalized spacial score (nSPS) is 13.0. The highest BCUT2D eigenvalue weighted by Crippen LogP contribution is 2.22. The number of nitrogens with one attached hydrogen (secondary N) is 1. The standard InChI is InChI=1S/C20H24ClN5O3S/c1-4-14(2)26-19-10-9-17(11-18(19)23-24-26)30(28,29)25(3)13-20(27)22-12-15-5-7-16(21)8-6-15/h5-11,14H,4,12-13H2,1-3H3,(H,22,27). The van der Waals surface area contributed by atoms with Crippen molar-refractivity contribution in [2.45, 2.75) is 37.8 Å². The first kappa shape index (κ1) is 22.2. The Bertz CT molecular complexity index is 1140. The van der Waals surface area contributed by atoms with E-state index >= 15 is 0 Å². The maximum atomic E-state index is 12.9. The third kappa shape index (κ3) is 4.80. The topological polar surface area (TPSA) is 97.2 Å². The van der Waals surface area contributed by atoms with E-state index in [-0.39, 0.29) is 24.0 Å². The molecule has 0 aliphatic heterocycles. The summed E-state index contributed by atoms with van der Waals surface area (Å²) in [5.74, 6) is -0.403. The zero-order chi connectivity index (χ0) is 21.9. The molecule has 0 aliphatic carbocycles. The number of hydrogen-bond acceptors (Lipinski definition) is 5. The predicted octanol–water partition coefficient (Wildman–Crippen LogP) is 2.99. The Balaban J connectivity index is 1.69. The molecule has 3 aromatic rings. The second-order valence-corrected chi connectivity index (χ2v) is 9.59. The van der Waals surface area contributed by atoms with Gasteiger partial charge in [0.05, 0.1) is 23.0 Å². The molecule has 1 unspecified atom stereocenters. The minimum absolute atomic E-state index is 0.0687. The second-order valence-electron chi connectivity index (χ2n) is 7.11. The average Bonchev–Trinajstić information content (AvgIpc) is 3.16. The molecular formula is C20H24ClN5O3S. The van der Waals surface area contributed by atoms with Crippen molar-refractivity contribution >= 4 is 38.6 Å². The molecule has 1 atom stereocenters. The van der Waals surface area contributed by atoms with Gasteiger partial charge >= 0.3 is 0 Å². The molecule has 1 heterocycles. The molecule has 0 fully saturated rings. The van der Waals surface area contributed by atoms with Crippen LogP contribution in [0.4, 0.5) is 0 Å². The summed E-state index contributed by atoms with van der Waals surface area (Å²) in [5.41, 5.74) is 2.14. The molecular weight excluding hydrogens is 426 g/mol. The minimum Gasteiger partial charge on any atom is -0.351 e. The highest BCUT2D eigenvalue weighted by atomic mass is 35.5. The molecule has 8 nitrogen and oxygen atoms in total. The van der Waals surface area contributed by atoms with Gasteiger partial charge in [0.25, 0.3) is 0 Å². The first-order valence-electron chi connectivity index (χ1n) is 9.54. The fraction of sp³-hybridized carbons (Fsp3) is 0.350. The van der Waals surface area contributed by atoms with Crippen molar-refractivity contribution in [3.8, 4) is 0 Å². The fourth-order valence-corrected chi connectivity index (χ4v) is 4.18. The molecule has 10 heteroatoms. The molecule has 0 saturated carbocycles. The van der Waals surface area contributed by atoms with E-state index in [9.17, 15) is 13.2 Å². The van der Waals surface area contributed by atoms with Crippen molar-refractivity contribution in [2.75, 3.05) is 13.6 Å². The first-order chi connectivity index (χ1) is 14.2. The molecule has 2 aromatic carbocycles. The molecule has 0 saturated heterocycles. The van der Waals surface area contributed by atoms with Crippen LogP contribution in [0.1, 0.15) is 31.9 Å². The number of likely N-dealkylation sites (N-methyl/N-ethyl adjacent to an activating group) is 1. The van der Waals surface area contributed by atoms with Crippen LogP contribution in [0.3, 0.4) is 0 Å². The number of nitrogens with zero attached hydrogens (tertiary/aromatic N) is 4. The predicted molar refractivity (Wildman–Crippen MR) is 116 cm³/mol. The van der Waals surface area contributed by atoms with E-state index < -0.39 is 15.9 Å². The van der Waals surface area contributed by atoms with Gasteiger partial charge in [-0.05, 0) is 49.2 Å². The summed E-state index contributed by atoms with van der Waals surface area (Å²) in [7, 11) is -2.48. The van der Waals surface area contributed by atoms with E-state index in [1.165, 1.54) is 19.2 Å². The molecule has 0 aliphatic rings. The van der Waals surface area contributed by atoms with Crippen LogP contribution in [-0.4, -0.2) is 47.2 Å². The van der Waals surface area contributed by atoms with Crippen LogP contribution in [0.5, 0.6) is 0 Å². The number of sulfonamides is 1. The Labute approximate surface area is 180 Å². The lowest BCUT2D eigenvalue weighted by Gasteiger charge is -2.17. The van der Waals surface area contributed by atoms with Crippen LogP contribution in [0, 0.1) is 0 Å². The molecule has 0 spiro atoms. The van der Waals surface area contributed by atoms with Gasteiger partial charge in [-0.25, -0.2) is 13.1 Å². The summed E-state index contributed by atoms with van der Waals surface area (Å²) >= 11 is 5.84. The largest absolute Gasteiger partial charge is 0.351 e. The number of halogens is 1. The quantitative estimate of drug-likeness (QED) is 0.570. The molecule has 1 aromatic heterocycles. The lowest BCUT2D eigenvalue weighted by atomic mass is 10.2. The van der Waals surface area contributed by atoms with Gasteiger partial charge in [-0.3, -0.25) is 4.79 Å². The first-order valence-corrected chi connectivity index (χ1v) is 11.4. The smallest absolute Gasteiger partial charge is 0.243 e. The Morgan fingerprint density at radius 1 is 1.23 bits per heavy atom. The Morgan fingerprint density at radius 2 is 1.93 bits per heavy atom. The molecule has 3 rings (SSSR count). The van der Waals surface area contributed by atoms with Gasteiger partial charge in [-0.1, -0.05) is 35.9 Å². The maximum Gasteiger partial charge on any atom is 0.243 e. The van der Waals surface area contributed by atoms with Crippen molar-refractivity contribution in [3.63, 3.8) is 0 Å². The number of carbonyl (C=O) groups is 1. The van der Waals surface area contributed by atoms with Gasteiger partial charge < -0.3 is 5.32 Å². The van der Waals surface area contributed by atoms with Gasteiger partial charge in [0, 0.05) is 18.6 Å². The van der Waals surface area contributed by atoms with Crippen LogP contribution in [0.2, 0.25) is 5.02 Å². The summed E-state index contributed by atoms with van der Waals surface area (Å²) in [4.78, 5) is 12.3. The van der Waals surface area contributed by atoms with E-state index in [1.54, 1.807) is 35.0 Å². The van der Waals surface area contributed by atoms with Gasteiger partial charge in [0.2, 0.25) is 15.9 Å². The minimum atomic E-state index is -3.85. The number of aromatic nitrogens is 3. The van der Waals surface area contributed by atoms with Crippen LogP contribution >= 0.6 is 11.6 Å². The van der Waals surface area contributed by atoms with E-state index in [4.69, 9.17) is 11.6 Å². The van der Waals surface area contributed by atoms with Gasteiger partial charge in [0.1, 0.15) is 5.52 Å². The van der Waals surface area contributed by atoms with Crippen LogP contribution < -0.4 is 5.32 Å². The molecule has 0 radical (unpaired) electrons. The van der Waals surface area contributed by atoms with E-state index in [2.05, 4.69) is 15.6 Å². The number of carbonyl (C=O) groups excluding carboxylic acids is 1. The maximum absolute atomic E-state index is 12.9. The zero-order valence-corrected chi connectivity index (χ0v) is 18.6. The van der Waals surface area contributed by atoms with Crippen LogP contribution in [0.15, 0.2) is 47.4 Å². The van der Waals surface area contributed by atoms with Crippen LogP contribution in [-0.2, 0) is 21.4 Å². The summed E-state index contributed by atoms with van der Waals surface area (Å²) in [6.45, 7) is 4.06. The van der Waals surface area contributed by atoms with E-state index in [0.717, 1.165) is 21.8 Å². The van der Waals surface area contributed by atoms with Crippen molar-refractivity contribution in [1.82, 2.24) is 24.6 Å². The van der Waals surface area contributed by atoms with Crippen molar-refractivity contribution < 1.29 is 13.2 Å². The summed E-state index contributed by atoms with van der Waals surface area (Å²) in [6.07, 6.45) is 0.881. The van der Waals surface area contributed by atoms with Gasteiger partial charge in [-0.2, -0.15) is 4.31 Å². The highest BCUT2D eigenvalue weighted by Gasteiger charge is 2.24. The number of amides is 1. The number of hydrogen-bond donors (Lipinski definition) is 1. The third-order valence-corrected chi connectivity index (χ3v) is 6.98. The zero-order valence-electron chi connectivity index (χ0n) is 17.0. The van der Waals surface area contributed by atoms with Crippen molar-refractivity contribution in [2.24, 2.45) is 0 Å². The van der Waals surface area contributed by atoms with Gasteiger partial charge in [-0.15, -0.1) is 5.10 Å². The summed E-state index contributed by atoms with van der Waals surface area (Å²) < 4.78 is 28.6. The van der Waals surface area contributed by atoms with Crippen LogP contribution in [0.25, 0.3) is 11.0 Å². The van der Waals surface area contributed by atoms with Gasteiger partial charge in [0.15, 0.2) is 0 Å². The fourth-order valence-electron chi connectivity index (χ4n) is 2.91. The number of benzene rings is 2. The lowest BCUT2D eigenvalue weighted by Crippen LogP contribution is -2.38. The molecule has 0 bridgehead atoms. The Kier molecular flexibility index (Phi) is 6.74.